The first-order valence-corrected chi connectivity index (χ1v) is 8.03. The molecule has 24 heavy (non-hydrogen) atoms. The summed E-state index contributed by atoms with van der Waals surface area (Å²) in [6.07, 6.45) is 1.86. The van der Waals surface area contributed by atoms with Crippen molar-refractivity contribution in [2.75, 3.05) is 18.6 Å². The van der Waals surface area contributed by atoms with Crippen LogP contribution in [-0.4, -0.2) is 39.7 Å². The molecule has 3 heterocycles. The molecule has 0 N–H and O–H groups in total. The van der Waals surface area contributed by atoms with E-state index in [-0.39, 0.29) is 17.7 Å². The fourth-order valence-electron chi connectivity index (χ4n) is 2.78. The number of carbonyl (C=O) groups excluding carboxylic acids is 1. The summed E-state index contributed by atoms with van der Waals surface area (Å²) in [5, 5.41) is 4.12. The summed E-state index contributed by atoms with van der Waals surface area (Å²) in [7, 11) is 1.34. The van der Waals surface area contributed by atoms with Crippen LogP contribution in [0.15, 0.2) is 10.6 Å². The van der Waals surface area contributed by atoms with Gasteiger partial charge in [0, 0.05) is 18.2 Å². The molecule has 0 spiro atoms. The molecule has 0 radical (unpaired) electrons. The van der Waals surface area contributed by atoms with Gasteiger partial charge in [-0.25, -0.2) is 14.8 Å². The Balaban J connectivity index is 1.92. The van der Waals surface area contributed by atoms with Crippen LogP contribution in [0.25, 0.3) is 0 Å². The van der Waals surface area contributed by atoms with Crippen LogP contribution in [-0.2, 0) is 4.74 Å². The third kappa shape index (κ3) is 3.08. The van der Waals surface area contributed by atoms with Crippen molar-refractivity contribution in [2.45, 2.75) is 45.6 Å². The van der Waals surface area contributed by atoms with Crippen LogP contribution in [0, 0.1) is 6.92 Å². The summed E-state index contributed by atoms with van der Waals surface area (Å²) < 4.78 is 10.1. The molecule has 0 aromatic carbocycles. The van der Waals surface area contributed by atoms with Crippen molar-refractivity contribution in [3.8, 4) is 0 Å². The lowest BCUT2D eigenvalue weighted by atomic mass is 10.2. The van der Waals surface area contributed by atoms with Gasteiger partial charge in [-0.15, -0.1) is 0 Å². The first-order chi connectivity index (χ1) is 11.5. The number of carbonyl (C=O) groups is 1. The van der Waals surface area contributed by atoms with E-state index in [2.05, 4.69) is 20.1 Å². The number of ether oxygens (including phenoxy) is 1. The average molecular weight is 331 g/mol. The predicted octanol–water partition coefficient (Wildman–Crippen LogP) is 2.42. The smallest absolute Gasteiger partial charge is 0.356 e. The van der Waals surface area contributed by atoms with Crippen LogP contribution in [0.2, 0.25) is 0 Å². The minimum atomic E-state index is -0.473. The molecule has 0 aliphatic carbocycles. The largest absolute Gasteiger partial charge is 0.464 e. The third-order valence-electron chi connectivity index (χ3n) is 4.00. The average Bonchev–Trinajstić information content (AvgIpc) is 3.21. The van der Waals surface area contributed by atoms with Crippen molar-refractivity contribution < 1.29 is 14.1 Å². The zero-order valence-corrected chi connectivity index (χ0v) is 14.3. The molecular weight excluding hydrogens is 310 g/mol. The molecule has 0 bridgehead atoms. The Morgan fingerprint density at radius 3 is 2.83 bits per heavy atom. The van der Waals surface area contributed by atoms with Gasteiger partial charge in [0.15, 0.2) is 11.5 Å². The molecule has 0 saturated carbocycles. The Morgan fingerprint density at radius 1 is 1.38 bits per heavy atom. The fourth-order valence-corrected chi connectivity index (χ4v) is 2.78. The highest BCUT2D eigenvalue weighted by Gasteiger charge is 2.32. The van der Waals surface area contributed by atoms with E-state index in [0.29, 0.717) is 23.4 Å². The minimum absolute atomic E-state index is 0.0476. The zero-order valence-electron chi connectivity index (χ0n) is 14.3. The van der Waals surface area contributed by atoms with Gasteiger partial charge in [-0.1, -0.05) is 19.0 Å². The quantitative estimate of drug-likeness (QED) is 0.788. The van der Waals surface area contributed by atoms with E-state index in [9.17, 15) is 4.79 Å². The normalized spacial score (nSPS) is 17.5. The van der Waals surface area contributed by atoms with E-state index in [1.54, 1.807) is 6.07 Å². The molecule has 128 valence electrons. The standard InChI is InChI=1S/C16H21N5O3/c1-9(2)14-19-13(20-24-14)12-6-5-7-21(12)16-17-10(3)8-11(18-16)15(22)23-4/h8-9,12H,5-7H2,1-4H3/t12-/m0/s1. The fraction of sp³-hybridized carbons (Fsp3) is 0.562. The van der Waals surface area contributed by atoms with Gasteiger partial charge in [0.05, 0.1) is 13.2 Å². The highest BCUT2D eigenvalue weighted by molar-refractivity contribution is 5.87. The van der Waals surface area contributed by atoms with Gasteiger partial charge in [0.25, 0.3) is 0 Å². The first kappa shape index (κ1) is 16.4. The summed E-state index contributed by atoms with van der Waals surface area (Å²) in [5.74, 6) is 1.47. The SMILES string of the molecule is COC(=O)c1cc(C)nc(N2CCC[C@H]2c2noc(C(C)C)n2)n1. The Kier molecular flexibility index (Phi) is 4.46. The van der Waals surface area contributed by atoms with Crippen LogP contribution in [0.3, 0.4) is 0 Å². The van der Waals surface area contributed by atoms with Crippen LogP contribution < -0.4 is 4.90 Å². The van der Waals surface area contributed by atoms with E-state index in [4.69, 9.17) is 9.26 Å². The summed E-state index contributed by atoms with van der Waals surface area (Å²) >= 11 is 0. The van der Waals surface area contributed by atoms with Gasteiger partial charge in [0.1, 0.15) is 0 Å². The number of anilines is 1. The Bertz CT molecular complexity index is 743. The molecule has 2 aromatic heterocycles. The molecule has 1 aliphatic rings. The predicted molar refractivity (Wildman–Crippen MR) is 85.8 cm³/mol. The van der Waals surface area contributed by atoms with Crippen LogP contribution >= 0.6 is 0 Å². The number of hydrogen-bond acceptors (Lipinski definition) is 8. The van der Waals surface area contributed by atoms with E-state index in [1.807, 2.05) is 25.7 Å². The molecule has 1 fully saturated rings. The number of rotatable bonds is 4. The Labute approximate surface area is 140 Å². The Morgan fingerprint density at radius 2 is 2.17 bits per heavy atom. The minimum Gasteiger partial charge on any atom is -0.464 e. The maximum atomic E-state index is 11.8. The lowest BCUT2D eigenvalue weighted by Gasteiger charge is -2.22. The summed E-state index contributed by atoms with van der Waals surface area (Å²) in [4.78, 5) is 27.1. The van der Waals surface area contributed by atoms with Gasteiger partial charge in [-0.05, 0) is 25.8 Å². The van der Waals surface area contributed by atoms with Gasteiger partial charge >= 0.3 is 5.97 Å². The molecule has 1 atom stereocenters. The van der Waals surface area contributed by atoms with Crippen molar-refractivity contribution in [3.05, 3.63) is 29.2 Å². The summed E-state index contributed by atoms with van der Waals surface area (Å²) in [5.41, 5.74) is 0.962. The number of nitrogens with zero attached hydrogens (tertiary/aromatic N) is 5. The molecule has 3 rings (SSSR count). The maximum Gasteiger partial charge on any atom is 0.356 e. The van der Waals surface area contributed by atoms with Crippen molar-refractivity contribution >= 4 is 11.9 Å². The number of esters is 1. The molecule has 0 amide bonds. The van der Waals surface area contributed by atoms with Crippen LogP contribution in [0.1, 0.15) is 66.5 Å². The van der Waals surface area contributed by atoms with Crippen molar-refractivity contribution in [1.29, 1.82) is 0 Å². The van der Waals surface area contributed by atoms with Crippen LogP contribution in [0.4, 0.5) is 5.95 Å². The second kappa shape index (κ2) is 6.54. The highest BCUT2D eigenvalue weighted by Crippen LogP contribution is 2.33. The zero-order chi connectivity index (χ0) is 17.3. The lowest BCUT2D eigenvalue weighted by molar-refractivity contribution is 0.0593. The third-order valence-corrected chi connectivity index (χ3v) is 4.00. The van der Waals surface area contributed by atoms with Gasteiger partial charge in [-0.2, -0.15) is 4.98 Å². The Hall–Kier alpha value is -2.51. The van der Waals surface area contributed by atoms with Gasteiger partial charge < -0.3 is 14.2 Å². The number of methoxy groups -OCH3 is 1. The summed E-state index contributed by atoms with van der Waals surface area (Å²) in [6.45, 7) is 6.63. The first-order valence-electron chi connectivity index (χ1n) is 8.03. The number of aromatic nitrogens is 4. The van der Waals surface area contributed by atoms with Crippen molar-refractivity contribution in [3.63, 3.8) is 0 Å². The molecular formula is C16H21N5O3. The molecule has 8 nitrogen and oxygen atoms in total. The molecule has 1 saturated heterocycles. The second-order valence-corrected chi connectivity index (χ2v) is 6.18. The summed E-state index contributed by atoms with van der Waals surface area (Å²) in [6, 6.07) is 1.57. The van der Waals surface area contributed by atoms with Crippen molar-refractivity contribution in [2.24, 2.45) is 0 Å². The molecule has 2 aromatic rings. The van der Waals surface area contributed by atoms with Crippen LogP contribution in [0.5, 0.6) is 0 Å². The van der Waals surface area contributed by atoms with E-state index in [1.165, 1.54) is 7.11 Å². The van der Waals surface area contributed by atoms with Crippen molar-refractivity contribution in [1.82, 2.24) is 20.1 Å². The molecule has 8 heteroatoms. The molecule has 0 unspecified atom stereocenters. The second-order valence-electron chi connectivity index (χ2n) is 6.18. The van der Waals surface area contributed by atoms with E-state index >= 15 is 0 Å². The topological polar surface area (TPSA) is 94.2 Å². The van der Waals surface area contributed by atoms with Gasteiger partial charge in [0.2, 0.25) is 11.8 Å². The number of aryl methyl sites for hydroxylation is 1. The highest BCUT2D eigenvalue weighted by atomic mass is 16.5. The lowest BCUT2D eigenvalue weighted by Crippen LogP contribution is -2.26. The van der Waals surface area contributed by atoms with Gasteiger partial charge in [-0.3, -0.25) is 0 Å². The number of hydrogen-bond donors (Lipinski definition) is 0. The molecule has 1 aliphatic heterocycles. The van der Waals surface area contributed by atoms with E-state index < -0.39 is 5.97 Å². The monoisotopic (exact) mass is 331 g/mol. The van der Waals surface area contributed by atoms with E-state index in [0.717, 1.165) is 19.4 Å². The maximum absolute atomic E-state index is 11.8.